The van der Waals surface area contributed by atoms with Crippen LogP contribution in [0, 0.1) is 0 Å². The predicted octanol–water partition coefficient (Wildman–Crippen LogP) is 0.987. The summed E-state index contributed by atoms with van der Waals surface area (Å²) in [6.45, 7) is 0. The highest BCUT2D eigenvalue weighted by Crippen LogP contribution is 2.26. The quantitative estimate of drug-likeness (QED) is 0.493. The molecule has 1 aliphatic rings. The van der Waals surface area contributed by atoms with Gasteiger partial charge in [-0.1, -0.05) is 23.9 Å². The van der Waals surface area contributed by atoms with Crippen LogP contribution in [0.25, 0.3) is 0 Å². The van der Waals surface area contributed by atoms with Crippen LogP contribution in [0.4, 0.5) is 11.6 Å². The van der Waals surface area contributed by atoms with Crippen LogP contribution >= 0.6 is 11.8 Å². The summed E-state index contributed by atoms with van der Waals surface area (Å²) >= 11 is 1.13. The molecule has 21 heavy (non-hydrogen) atoms. The zero-order valence-electron chi connectivity index (χ0n) is 10.8. The van der Waals surface area contributed by atoms with Crippen molar-refractivity contribution in [1.82, 2.24) is 14.9 Å². The van der Waals surface area contributed by atoms with Gasteiger partial charge < -0.3 is 11.5 Å². The van der Waals surface area contributed by atoms with Gasteiger partial charge in [-0.25, -0.2) is 9.97 Å². The fourth-order valence-electron chi connectivity index (χ4n) is 2.01. The van der Waals surface area contributed by atoms with E-state index in [-0.39, 0.29) is 29.3 Å². The molecule has 2 amide bonds. The lowest BCUT2D eigenvalue weighted by molar-refractivity contribution is 0.0684. The summed E-state index contributed by atoms with van der Waals surface area (Å²) in [7, 11) is 0. The zero-order chi connectivity index (χ0) is 15.0. The van der Waals surface area contributed by atoms with E-state index >= 15 is 0 Å². The molecular formula is C13H11N5O2S. The Labute approximate surface area is 124 Å². The van der Waals surface area contributed by atoms with E-state index in [4.69, 9.17) is 11.5 Å². The molecule has 1 aliphatic heterocycles. The van der Waals surface area contributed by atoms with Gasteiger partial charge in [0.1, 0.15) is 11.6 Å². The Hall–Kier alpha value is -2.61. The van der Waals surface area contributed by atoms with Gasteiger partial charge in [-0.15, -0.1) is 0 Å². The first kappa shape index (κ1) is 13.4. The molecule has 1 aromatic carbocycles. The van der Waals surface area contributed by atoms with Crippen LogP contribution in [0.1, 0.15) is 20.7 Å². The number of carbonyl (C=O) groups excluding carboxylic acids is 2. The van der Waals surface area contributed by atoms with Gasteiger partial charge in [-0.3, -0.25) is 14.5 Å². The van der Waals surface area contributed by atoms with Crippen LogP contribution in [0.5, 0.6) is 0 Å². The second-order valence-electron chi connectivity index (χ2n) is 4.36. The third kappa shape index (κ3) is 2.40. The number of nitrogens with zero attached hydrogens (tertiary/aromatic N) is 3. The van der Waals surface area contributed by atoms with E-state index in [1.807, 2.05) is 0 Å². The monoisotopic (exact) mass is 301 g/mol. The number of aromatic nitrogens is 2. The molecule has 3 rings (SSSR count). The van der Waals surface area contributed by atoms with Gasteiger partial charge in [0.05, 0.1) is 17.0 Å². The fraction of sp³-hybridized carbons (Fsp3) is 0.0769. The molecule has 0 atom stereocenters. The van der Waals surface area contributed by atoms with Crippen LogP contribution in [0.2, 0.25) is 0 Å². The molecule has 0 aliphatic carbocycles. The number of amides is 2. The molecule has 8 heteroatoms. The van der Waals surface area contributed by atoms with Crippen molar-refractivity contribution in [2.45, 2.75) is 5.16 Å². The van der Waals surface area contributed by atoms with E-state index < -0.39 is 0 Å². The normalized spacial score (nSPS) is 13.6. The first-order chi connectivity index (χ1) is 10.1. The number of thioether (sulfide) groups is 1. The number of anilines is 2. The van der Waals surface area contributed by atoms with Crippen molar-refractivity contribution in [2.24, 2.45) is 0 Å². The lowest BCUT2D eigenvalue weighted by Gasteiger charge is -2.12. The second kappa shape index (κ2) is 5.06. The van der Waals surface area contributed by atoms with Gasteiger partial charge in [0.15, 0.2) is 5.16 Å². The molecule has 1 aromatic heterocycles. The summed E-state index contributed by atoms with van der Waals surface area (Å²) < 4.78 is 0. The Morgan fingerprint density at radius 1 is 1.00 bits per heavy atom. The first-order valence-electron chi connectivity index (χ1n) is 6.04. The summed E-state index contributed by atoms with van der Waals surface area (Å²) in [5, 5.41) is 0.323. The molecule has 0 radical (unpaired) electrons. The van der Waals surface area contributed by atoms with E-state index in [9.17, 15) is 9.59 Å². The van der Waals surface area contributed by atoms with E-state index in [1.54, 1.807) is 24.3 Å². The second-order valence-corrected chi connectivity index (χ2v) is 5.27. The van der Waals surface area contributed by atoms with Crippen molar-refractivity contribution < 1.29 is 9.59 Å². The zero-order valence-corrected chi connectivity index (χ0v) is 11.6. The standard InChI is InChI=1S/C13H11N5O2S/c14-9-5-10(15)17-13(16-9)21-6-18-11(19)7-3-1-2-4-8(7)12(18)20/h1-5H,6H2,(H4,14,15,16,17). The minimum absolute atomic E-state index is 0.106. The van der Waals surface area contributed by atoms with E-state index in [0.29, 0.717) is 16.3 Å². The largest absolute Gasteiger partial charge is 0.383 e. The molecule has 0 unspecified atom stereocenters. The van der Waals surface area contributed by atoms with Crippen LogP contribution in [-0.4, -0.2) is 32.6 Å². The summed E-state index contributed by atoms with van der Waals surface area (Å²) in [4.78, 5) is 33.5. The van der Waals surface area contributed by atoms with Gasteiger partial charge in [0.25, 0.3) is 11.8 Å². The number of benzene rings is 1. The van der Waals surface area contributed by atoms with Gasteiger partial charge in [0.2, 0.25) is 0 Å². The summed E-state index contributed by atoms with van der Waals surface area (Å²) in [6.07, 6.45) is 0. The number of nitrogens with two attached hydrogens (primary N) is 2. The molecule has 106 valence electrons. The molecule has 0 fully saturated rings. The predicted molar refractivity (Wildman–Crippen MR) is 78.5 cm³/mol. The molecule has 0 saturated carbocycles. The maximum Gasteiger partial charge on any atom is 0.262 e. The molecule has 0 spiro atoms. The average Bonchev–Trinajstić information content (AvgIpc) is 2.69. The molecule has 2 heterocycles. The molecule has 2 aromatic rings. The molecule has 0 bridgehead atoms. The summed E-state index contributed by atoms with van der Waals surface area (Å²) in [5.41, 5.74) is 12.0. The number of carbonyl (C=O) groups is 2. The third-order valence-electron chi connectivity index (χ3n) is 2.95. The van der Waals surface area contributed by atoms with Gasteiger partial charge in [0, 0.05) is 6.07 Å². The van der Waals surface area contributed by atoms with Crippen molar-refractivity contribution in [2.75, 3.05) is 17.3 Å². The van der Waals surface area contributed by atoms with Crippen LogP contribution in [0.15, 0.2) is 35.5 Å². The SMILES string of the molecule is Nc1cc(N)nc(SCN2C(=O)c3ccccc3C2=O)n1. The van der Waals surface area contributed by atoms with Gasteiger partial charge in [-0.2, -0.15) is 0 Å². The van der Waals surface area contributed by atoms with E-state index in [2.05, 4.69) is 9.97 Å². The number of nitrogen functional groups attached to an aromatic ring is 2. The van der Waals surface area contributed by atoms with E-state index in [1.165, 1.54) is 6.07 Å². The lowest BCUT2D eigenvalue weighted by Crippen LogP contribution is -2.29. The number of hydrogen-bond acceptors (Lipinski definition) is 7. The van der Waals surface area contributed by atoms with Crippen LogP contribution in [-0.2, 0) is 0 Å². The summed E-state index contributed by atoms with van der Waals surface area (Å²) in [5.74, 6) is -0.0467. The fourth-order valence-corrected chi connectivity index (χ4v) is 2.82. The van der Waals surface area contributed by atoms with Crippen LogP contribution < -0.4 is 11.5 Å². The van der Waals surface area contributed by atoms with Crippen molar-refractivity contribution in [3.05, 3.63) is 41.5 Å². The number of fused-ring (bicyclic) bond motifs is 1. The highest BCUT2D eigenvalue weighted by atomic mass is 32.2. The Balaban J connectivity index is 1.78. The molecular weight excluding hydrogens is 290 g/mol. The maximum absolute atomic E-state index is 12.2. The smallest absolute Gasteiger partial charge is 0.262 e. The Bertz CT molecular complexity index is 694. The first-order valence-corrected chi connectivity index (χ1v) is 7.03. The maximum atomic E-state index is 12.2. The van der Waals surface area contributed by atoms with Crippen LogP contribution in [0.3, 0.4) is 0 Å². The topological polar surface area (TPSA) is 115 Å². The van der Waals surface area contributed by atoms with Gasteiger partial charge in [-0.05, 0) is 12.1 Å². The van der Waals surface area contributed by atoms with Gasteiger partial charge >= 0.3 is 0 Å². The average molecular weight is 301 g/mol. The highest BCUT2D eigenvalue weighted by molar-refractivity contribution is 7.99. The minimum atomic E-state index is -0.319. The summed E-state index contributed by atoms with van der Waals surface area (Å²) in [6, 6.07) is 8.15. The molecule has 7 nitrogen and oxygen atoms in total. The van der Waals surface area contributed by atoms with Crippen molar-refractivity contribution in [3.8, 4) is 0 Å². The van der Waals surface area contributed by atoms with Crippen molar-refractivity contribution in [1.29, 1.82) is 0 Å². The molecule has 0 saturated heterocycles. The molecule has 4 N–H and O–H groups in total. The third-order valence-corrected chi connectivity index (χ3v) is 3.77. The Morgan fingerprint density at radius 2 is 1.52 bits per heavy atom. The Kier molecular flexibility index (Phi) is 3.22. The van der Waals surface area contributed by atoms with Crippen molar-refractivity contribution >= 4 is 35.2 Å². The Morgan fingerprint density at radius 3 is 2.05 bits per heavy atom. The lowest BCUT2D eigenvalue weighted by atomic mass is 10.1. The van der Waals surface area contributed by atoms with Crippen molar-refractivity contribution in [3.63, 3.8) is 0 Å². The van der Waals surface area contributed by atoms with E-state index in [0.717, 1.165) is 16.7 Å². The number of imide groups is 1. The highest BCUT2D eigenvalue weighted by Gasteiger charge is 2.35. The number of hydrogen-bond donors (Lipinski definition) is 2. The minimum Gasteiger partial charge on any atom is -0.383 e. The number of rotatable bonds is 3.